The zero-order valence-electron chi connectivity index (χ0n) is 15.1. The van der Waals surface area contributed by atoms with E-state index in [2.05, 4.69) is 19.9 Å². The fourth-order valence-electron chi connectivity index (χ4n) is 1.67. The second kappa shape index (κ2) is 8.01. The van der Waals surface area contributed by atoms with Crippen molar-refractivity contribution < 1.29 is 0 Å². The summed E-state index contributed by atoms with van der Waals surface area (Å²) in [7, 11) is 6.01. The maximum absolute atomic E-state index is 8.04. The molecule has 0 spiro atoms. The molecule has 0 atom stereocenters. The third-order valence-electron chi connectivity index (χ3n) is 3.37. The van der Waals surface area contributed by atoms with E-state index in [-0.39, 0.29) is 5.41 Å². The molecule has 0 fully saturated rings. The molecule has 0 aromatic carbocycles. The lowest BCUT2D eigenvalue weighted by Crippen LogP contribution is -2.29. The van der Waals surface area contributed by atoms with E-state index >= 15 is 0 Å². The van der Waals surface area contributed by atoms with E-state index < -0.39 is 0 Å². The van der Waals surface area contributed by atoms with Crippen molar-refractivity contribution in [2.24, 2.45) is 16.1 Å². The predicted octanol–water partition coefficient (Wildman–Crippen LogP) is 1.92. The molecule has 0 aliphatic rings. The number of likely N-dealkylation sites (N-methyl/N-ethyl adjacent to an activating group) is 2. The van der Waals surface area contributed by atoms with Crippen LogP contribution in [0.3, 0.4) is 0 Å². The summed E-state index contributed by atoms with van der Waals surface area (Å²) in [5.74, 6) is 1.53. The molecule has 0 saturated carbocycles. The largest absolute Gasteiger partial charge is 0.387 e. The van der Waals surface area contributed by atoms with Gasteiger partial charge in [-0.15, -0.1) is 0 Å². The minimum atomic E-state index is -0.205. The molecule has 23 heavy (non-hydrogen) atoms. The van der Waals surface area contributed by atoms with Crippen molar-refractivity contribution in [2.75, 3.05) is 39.1 Å². The number of amidine groups is 1. The highest BCUT2D eigenvalue weighted by Crippen LogP contribution is 2.18. The lowest BCUT2D eigenvalue weighted by atomic mass is 9.88. The van der Waals surface area contributed by atoms with Crippen LogP contribution in [0.15, 0.2) is 17.3 Å². The molecule has 3 N–H and O–H groups in total. The Labute approximate surface area is 139 Å². The normalized spacial score (nSPS) is 12.6. The van der Waals surface area contributed by atoms with Crippen LogP contribution < -0.4 is 10.6 Å². The molecule has 128 valence electrons. The van der Waals surface area contributed by atoms with E-state index in [1.165, 1.54) is 0 Å². The zero-order chi connectivity index (χ0) is 17.6. The van der Waals surface area contributed by atoms with Crippen LogP contribution in [-0.4, -0.2) is 60.6 Å². The number of nitrogens with zero attached hydrogens (tertiary/aromatic N) is 5. The second-order valence-corrected chi connectivity index (χ2v) is 6.95. The van der Waals surface area contributed by atoms with Crippen molar-refractivity contribution in [3.8, 4) is 0 Å². The van der Waals surface area contributed by atoms with Crippen molar-refractivity contribution in [3.05, 3.63) is 12.3 Å². The molecule has 7 nitrogen and oxygen atoms in total. The van der Waals surface area contributed by atoms with Gasteiger partial charge in [-0.25, -0.2) is 9.98 Å². The van der Waals surface area contributed by atoms with Crippen LogP contribution in [0.4, 0.5) is 11.8 Å². The number of hydrogen-bond acceptors (Lipinski definition) is 6. The molecule has 0 aliphatic heterocycles. The average molecular weight is 319 g/mol. The van der Waals surface area contributed by atoms with Gasteiger partial charge < -0.3 is 20.9 Å². The average Bonchev–Trinajstić information content (AvgIpc) is 2.43. The summed E-state index contributed by atoms with van der Waals surface area (Å²) in [6, 6.07) is 1.72. The highest BCUT2D eigenvalue weighted by molar-refractivity contribution is 6.04. The summed E-state index contributed by atoms with van der Waals surface area (Å²) in [6.45, 7) is 7.71. The molecule has 1 aromatic heterocycles. The lowest BCUT2D eigenvalue weighted by molar-refractivity contribution is 0.415. The monoisotopic (exact) mass is 319 g/mol. The van der Waals surface area contributed by atoms with Gasteiger partial charge >= 0.3 is 0 Å². The summed E-state index contributed by atoms with van der Waals surface area (Å²) in [5.41, 5.74) is 6.30. The minimum Gasteiger partial charge on any atom is -0.387 e. The molecule has 1 rings (SSSR count). The van der Waals surface area contributed by atoms with Crippen LogP contribution in [0.2, 0.25) is 0 Å². The quantitative estimate of drug-likeness (QED) is 0.591. The highest BCUT2D eigenvalue weighted by Gasteiger charge is 2.18. The Morgan fingerprint density at radius 2 is 1.91 bits per heavy atom. The topological polar surface area (TPSA) is 94.5 Å². The molecule has 0 bridgehead atoms. The van der Waals surface area contributed by atoms with E-state index in [1.807, 2.05) is 46.8 Å². The summed E-state index contributed by atoms with van der Waals surface area (Å²) < 4.78 is 0. The maximum Gasteiger partial charge on any atom is 0.227 e. The molecular weight excluding hydrogens is 290 g/mol. The SMILES string of the molecule is CN(C)CCN(C)c1nccc(N=C(N)CC(=N)C(C)(C)C)n1. The number of nitrogens with one attached hydrogen (secondary N) is 1. The molecule has 1 aromatic rings. The first-order chi connectivity index (χ1) is 10.6. The number of nitrogens with two attached hydrogens (primary N) is 1. The van der Waals surface area contributed by atoms with Gasteiger partial charge in [0.05, 0.1) is 0 Å². The molecule has 0 aliphatic carbocycles. The minimum absolute atomic E-state index is 0.205. The van der Waals surface area contributed by atoms with Gasteiger partial charge in [-0.3, -0.25) is 0 Å². The van der Waals surface area contributed by atoms with E-state index in [0.717, 1.165) is 13.1 Å². The summed E-state index contributed by atoms with van der Waals surface area (Å²) in [4.78, 5) is 17.1. The van der Waals surface area contributed by atoms with E-state index in [1.54, 1.807) is 12.3 Å². The molecule has 1 heterocycles. The van der Waals surface area contributed by atoms with Crippen molar-refractivity contribution >= 4 is 23.3 Å². The Kier molecular flexibility index (Phi) is 6.62. The zero-order valence-corrected chi connectivity index (χ0v) is 15.1. The van der Waals surface area contributed by atoms with Gasteiger partial charge in [-0.1, -0.05) is 20.8 Å². The van der Waals surface area contributed by atoms with Crippen molar-refractivity contribution in [2.45, 2.75) is 27.2 Å². The Morgan fingerprint density at radius 1 is 1.26 bits per heavy atom. The van der Waals surface area contributed by atoms with Crippen LogP contribution in [-0.2, 0) is 0 Å². The highest BCUT2D eigenvalue weighted by atomic mass is 15.3. The predicted molar refractivity (Wildman–Crippen MR) is 96.9 cm³/mol. The fraction of sp³-hybridized carbons (Fsp3) is 0.625. The van der Waals surface area contributed by atoms with Crippen LogP contribution in [0, 0.1) is 10.8 Å². The number of aliphatic imine (C=N–C) groups is 1. The first-order valence-corrected chi connectivity index (χ1v) is 7.69. The summed E-state index contributed by atoms with van der Waals surface area (Å²) in [5, 5.41) is 8.04. The molecule has 0 amide bonds. The second-order valence-electron chi connectivity index (χ2n) is 6.95. The summed E-state index contributed by atoms with van der Waals surface area (Å²) >= 11 is 0. The van der Waals surface area contributed by atoms with Crippen molar-refractivity contribution in [1.82, 2.24) is 14.9 Å². The molecule has 0 unspecified atom stereocenters. The Bertz CT molecular complexity index is 558. The molecular formula is C16H29N7. The first kappa shape index (κ1) is 19.0. The molecule has 0 radical (unpaired) electrons. The van der Waals surface area contributed by atoms with Crippen molar-refractivity contribution in [3.63, 3.8) is 0 Å². The third-order valence-corrected chi connectivity index (χ3v) is 3.37. The maximum atomic E-state index is 8.04. The van der Waals surface area contributed by atoms with Gasteiger partial charge in [0, 0.05) is 44.5 Å². The fourth-order valence-corrected chi connectivity index (χ4v) is 1.67. The van der Waals surface area contributed by atoms with E-state index in [4.69, 9.17) is 11.1 Å². The number of anilines is 1. The number of aromatic nitrogens is 2. The van der Waals surface area contributed by atoms with Crippen LogP contribution in [0.1, 0.15) is 27.2 Å². The molecule has 0 saturated heterocycles. The number of rotatable bonds is 7. The standard InChI is InChI=1S/C16H29N7/c1-16(2,3)12(17)11-13(18)20-14-7-8-19-15(21-14)23(6)10-9-22(4)5/h7-8,17H,9-11H2,1-6H3,(H2,18,19,20,21). The van der Waals surface area contributed by atoms with Gasteiger partial charge in [0.2, 0.25) is 5.95 Å². The van der Waals surface area contributed by atoms with Crippen LogP contribution in [0.25, 0.3) is 0 Å². The number of hydrogen-bond donors (Lipinski definition) is 2. The lowest BCUT2D eigenvalue weighted by Gasteiger charge is -2.20. The van der Waals surface area contributed by atoms with Gasteiger partial charge in [0.25, 0.3) is 0 Å². The van der Waals surface area contributed by atoms with Gasteiger partial charge in [-0.05, 0) is 19.5 Å². The Balaban J connectivity index is 2.80. The smallest absolute Gasteiger partial charge is 0.227 e. The Morgan fingerprint density at radius 3 is 2.48 bits per heavy atom. The first-order valence-electron chi connectivity index (χ1n) is 7.69. The third kappa shape index (κ3) is 6.73. The van der Waals surface area contributed by atoms with E-state index in [9.17, 15) is 0 Å². The van der Waals surface area contributed by atoms with Crippen molar-refractivity contribution in [1.29, 1.82) is 5.41 Å². The molecule has 7 heteroatoms. The van der Waals surface area contributed by atoms with Gasteiger partial charge in [0.15, 0.2) is 5.82 Å². The Hall–Kier alpha value is -2.02. The van der Waals surface area contributed by atoms with Crippen LogP contribution in [0.5, 0.6) is 0 Å². The van der Waals surface area contributed by atoms with Crippen LogP contribution >= 0.6 is 0 Å². The van der Waals surface area contributed by atoms with Gasteiger partial charge in [-0.2, -0.15) is 4.98 Å². The van der Waals surface area contributed by atoms with Gasteiger partial charge in [0.1, 0.15) is 5.84 Å². The van der Waals surface area contributed by atoms with E-state index in [0.29, 0.717) is 29.7 Å². The summed E-state index contributed by atoms with van der Waals surface area (Å²) in [6.07, 6.45) is 2.02.